The highest BCUT2D eigenvalue weighted by Crippen LogP contribution is 2.48. The maximum atomic E-state index is 13.3. The summed E-state index contributed by atoms with van der Waals surface area (Å²) in [5, 5.41) is 7.69. The average Bonchev–Trinajstić information content (AvgIpc) is 3.38. The molecule has 1 aliphatic heterocycles. The number of benzene rings is 1. The van der Waals surface area contributed by atoms with Gasteiger partial charge in [0, 0.05) is 37.3 Å². The highest BCUT2D eigenvalue weighted by atomic mass is 127. The highest BCUT2D eigenvalue weighted by Gasteiger charge is 2.44. The van der Waals surface area contributed by atoms with E-state index in [0.29, 0.717) is 6.61 Å². The summed E-state index contributed by atoms with van der Waals surface area (Å²) in [5.74, 6) is 0.735. The van der Waals surface area contributed by atoms with E-state index in [4.69, 9.17) is 9.73 Å². The van der Waals surface area contributed by atoms with Crippen molar-refractivity contribution in [3.8, 4) is 0 Å². The predicted octanol–water partition coefficient (Wildman–Crippen LogP) is 3.25. The molecule has 1 aromatic carbocycles. The van der Waals surface area contributed by atoms with Crippen molar-refractivity contribution in [1.29, 1.82) is 0 Å². The first-order chi connectivity index (χ1) is 13.6. The van der Waals surface area contributed by atoms with E-state index in [-0.39, 0.29) is 41.3 Å². The normalized spacial score (nSPS) is 20.9. The predicted molar refractivity (Wildman–Crippen MR) is 122 cm³/mol. The number of aliphatic imine (C=N–C) groups is 1. The third kappa shape index (κ3) is 5.09. The molecule has 29 heavy (non-hydrogen) atoms. The Morgan fingerprint density at radius 2 is 2.10 bits per heavy atom. The van der Waals surface area contributed by atoms with E-state index in [1.165, 1.54) is 5.56 Å². The molecule has 2 heterocycles. The summed E-state index contributed by atoms with van der Waals surface area (Å²) in [7, 11) is 1.92. The molecule has 2 aromatic rings. The number of hydrogen-bond acceptors (Lipinski definition) is 3. The van der Waals surface area contributed by atoms with E-state index in [2.05, 4.69) is 22.2 Å². The van der Waals surface area contributed by atoms with Gasteiger partial charge in [0.2, 0.25) is 0 Å². The van der Waals surface area contributed by atoms with Crippen molar-refractivity contribution in [3.05, 3.63) is 53.6 Å². The zero-order valence-corrected chi connectivity index (χ0v) is 19.3. The van der Waals surface area contributed by atoms with Gasteiger partial charge in [-0.1, -0.05) is 12.1 Å². The molecule has 0 bridgehead atoms. The number of aryl methyl sites for hydroxylation is 1. The summed E-state index contributed by atoms with van der Waals surface area (Å²) in [6, 6.07) is 6.89. The second kappa shape index (κ2) is 9.42. The Morgan fingerprint density at radius 1 is 1.34 bits per heavy atom. The summed E-state index contributed by atoms with van der Waals surface area (Å²) in [5.41, 5.74) is 2.33. The van der Waals surface area contributed by atoms with Crippen LogP contribution in [0.5, 0.6) is 0 Å². The maximum Gasteiger partial charge on any atom is 0.194 e. The molecule has 1 aliphatic carbocycles. The van der Waals surface area contributed by atoms with Gasteiger partial charge in [-0.15, -0.1) is 24.0 Å². The van der Waals surface area contributed by atoms with E-state index >= 15 is 0 Å². The van der Waals surface area contributed by atoms with Gasteiger partial charge in [-0.05, 0) is 37.5 Å². The molecule has 1 atom stereocenters. The van der Waals surface area contributed by atoms with Crippen molar-refractivity contribution >= 4 is 29.9 Å². The quantitative estimate of drug-likeness (QED) is 0.379. The van der Waals surface area contributed by atoms with Crippen LogP contribution in [-0.4, -0.2) is 53.4 Å². The van der Waals surface area contributed by atoms with Crippen molar-refractivity contribution in [3.63, 3.8) is 0 Å². The number of halogens is 2. The standard InChI is InChI=1S/C21H28FN5O.HI/c1-3-23-20(24-15-21(8-9-21)17-4-6-18(22)7-5-17)27-10-11-28-19(14-27)16-12-25-26(2)13-16;/h4-7,12-13,19H,3,8-11,14-15H2,1-2H3,(H,23,24);1H. The molecule has 0 spiro atoms. The number of morpholine rings is 1. The first kappa shape index (κ1) is 22.0. The lowest BCUT2D eigenvalue weighted by molar-refractivity contribution is -0.00805. The topological polar surface area (TPSA) is 54.7 Å². The minimum Gasteiger partial charge on any atom is -0.370 e. The molecule has 1 aromatic heterocycles. The number of guanidine groups is 1. The van der Waals surface area contributed by atoms with Gasteiger partial charge in [-0.2, -0.15) is 5.10 Å². The molecule has 2 fully saturated rings. The molecule has 1 saturated carbocycles. The van der Waals surface area contributed by atoms with Gasteiger partial charge in [0.15, 0.2) is 5.96 Å². The fourth-order valence-corrected chi connectivity index (χ4v) is 3.79. The highest BCUT2D eigenvalue weighted by molar-refractivity contribution is 14.0. The third-order valence-electron chi connectivity index (χ3n) is 5.64. The van der Waals surface area contributed by atoms with Crippen molar-refractivity contribution < 1.29 is 9.13 Å². The molecule has 1 N–H and O–H groups in total. The van der Waals surface area contributed by atoms with Gasteiger partial charge in [-0.25, -0.2) is 4.39 Å². The van der Waals surface area contributed by atoms with Crippen LogP contribution in [0.15, 0.2) is 41.7 Å². The van der Waals surface area contributed by atoms with Crippen LogP contribution in [-0.2, 0) is 17.2 Å². The summed E-state index contributed by atoms with van der Waals surface area (Å²) in [4.78, 5) is 7.23. The van der Waals surface area contributed by atoms with Gasteiger partial charge in [0.25, 0.3) is 0 Å². The molecular formula is C21H29FIN5O. The van der Waals surface area contributed by atoms with Crippen LogP contribution >= 0.6 is 24.0 Å². The monoisotopic (exact) mass is 513 g/mol. The second-order valence-corrected chi connectivity index (χ2v) is 7.71. The van der Waals surface area contributed by atoms with Crippen LogP contribution < -0.4 is 5.32 Å². The fourth-order valence-electron chi connectivity index (χ4n) is 3.79. The van der Waals surface area contributed by atoms with Crippen LogP contribution in [0.4, 0.5) is 4.39 Å². The van der Waals surface area contributed by atoms with Crippen LogP contribution in [0.3, 0.4) is 0 Å². The summed E-state index contributed by atoms with van der Waals surface area (Å²) >= 11 is 0. The number of rotatable bonds is 5. The van der Waals surface area contributed by atoms with E-state index in [0.717, 1.165) is 50.5 Å². The lowest BCUT2D eigenvalue weighted by Crippen LogP contribution is -2.48. The Balaban J connectivity index is 0.00000240. The largest absolute Gasteiger partial charge is 0.370 e. The first-order valence-corrected chi connectivity index (χ1v) is 9.99. The summed E-state index contributed by atoms with van der Waals surface area (Å²) < 4.78 is 21.0. The van der Waals surface area contributed by atoms with Crippen LogP contribution in [0.25, 0.3) is 0 Å². The Morgan fingerprint density at radius 3 is 2.72 bits per heavy atom. The van der Waals surface area contributed by atoms with E-state index in [1.54, 1.807) is 16.8 Å². The van der Waals surface area contributed by atoms with Crippen molar-refractivity contribution in [2.24, 2.45) is 12.0 Å². The number of nitrogens with zero attached hydrogens (tertiary/aromatic N) is 4. The minimum absolute atomic E-state index is 0. The number of ether oxygens (including phenoxy) is 1. The smallest absolute Gasteiger partial charge is 0.194 e. The molecule has 2 aliphatic rings. The number of hydrogen-bond donors (Lipinski definition) is 1. The zero-order chi connectivity index (χ0) is 19.6. The molecular weight excluding hydrogens is 484 g/mol. The second-order valence-electron chi connectivity index (χ2n) is 7.71. The Bertz CT molecular complexity index is 834. The van der Waals surface area contributed by atoms with Crippen LogP contribution in [0.2, 0.25) is 0 Å². The lowest BCUT2D eigenvalue weighted by Gasteiger charge is -2.35. The van der Waals surface area contributed by atoms with Gasteiger partial charge >= 0.3 is 0 Å². The molecule has 158 valence electrons. The van der Waals surface area contributed by atoms with Crippen LogP contribution in [0, 0.1) is 5.82 Å². The van der Waals surface area contributed by atoms with E-state index in [1.807, 2.05) is 31.6 Å². The SMILES string of the molecule is CCNC(=NCC1(c2ccc(F)cc2)CC1)N1CCOC(c2cnn(C)c2)C1.I. The molecule has 1 unspecified atom stereocenters. The lowest BCUT2D eigenvalue weighted by atomic mass is 9.96. The summed E-state index contributed by atoms with van der Waals surface area (Å²) in [6.45, 7) is 5.84. The summed E-state index contributed by atoms with van der Waals surface area (Å²) in [6.07, 6.45) is 6.07. The maximum absolute atomic E-state index is 13.3. The Labute approximate surface area is 188 Å². The molecule has 6 nitrogen and oxygen atoms in total. The Kier molecular flexibility index (Phi) is 7.15. The van der Waals surface area contributed by atoms with Crippen molar-refractivity contribution in [2.75, 3.05) is 32.8 Å². The molecule has 4 rings (SSSR count). The van der Waals surface area contributed by atoms with Crippen LogP contribution in [0.1, 0.15) is 37.0 Å². The number of aromatic nitrogens is 2. The van der Waals surface area contributed by atoms with Crippen molar-refractivity contribution in [2.45, 2.75) is 31.3 Å². The molecule has 0 radical (unpaired) electrons. The average molecular weight is 513 g/mol. The zero-order valence-electron chi connectivity index (χ0n) is 17.0. The van der Waals surface area contributed by atoms with E-state index in [9.17, 15) is 4.39 Å². The third-order valence-corrected chi connectivity index (χ3v) is 5.64. The van der Waals surface area contributed by atoms with Gasteiger partial charge < -0.3 is 15.0 Å². The van der Waals surface area contributed by atoms with Crippen molar-refractivity contribution in [1.82, 2.24) is 20.0 Å². The van der Waals surface area contributed by atoms with Gasteiger partial charge in [0.1, 0.15) is 11.9 Å². The molecule has 1 saturated heterocycles. The fraction of sp³-hybridized carbons (Fsp3) is 0.524. The minimum atomic E-state index is -0.189. The van der Waals surface area contributed by atoms with E-state index < -0.39 is 0 Å². The van der Waals surface area contributed by atoms with Gasteiger partial charge in [-0.3, -0.25) is 9.67 Å². The van der Waals surface area contributed by atoms with Gasteiger partial charge in [0.05, 0.1) is 25.9 Å². The first-order valence-electron chi connectivity index (χ1n) is 9.99. The molecule has 0 amide bonds. The Hall–Kier alpha value is -1.68. The number of nitrogens with one attached hydrogen (secondary N) is 1. The molecule has 8 heteroatoms.